The van der Waals surface area contributed by atoms with E-state index in [0.717, 1.165) is 70.6 Å². The number of ether oxygens (including phenoxy) is 6. The Morgan fingerprint density at radius 2 is 1.00 bits per heavy atom. The van der Waals surface area contributed by atoms with Gasteiger partial charge in [-0.3, -0.25) is 4.79 Å². The third-order valence-electron chi connectivity index (χ3n) is 11.2. The number of unbranched alkanes of at least 4 members (excludes halogenated alkanes) is 11. The summed E-state index contributed by atoms with van der Waals surface area (Å²) in [4.78, 5) is 13.0. The minimum absolute atomic E-state index is 0.000460. The lowest BCUT2D eigenvalue weighted by Gasteiger charge is -2.42. The van der Waals surface area contributed by atoms with E-state index >= 15 is 0 Å². The van der Waals surface area contributed by atoms with Crippen LogP contribution in [0, 0.1) is 0 Å². The van der Waals surface area contributed by atoms with Gasteiger partial charge in [0.05, 0.1) is 33.0 Å². The quantitative estimate of drug-likeness (QED) is 0.0196. The van der Waals surface area contributed by atoms with Gasteiger partial charge in [0.2, 0.25) is 0 Å². The van der Waals surface area contributed by atoms with Crippen LogP contribution in [0.4, 0.5) is 0 Å². The second-order valence-electron chi connectivity index (χ2n) is 16.9. The fourth-order valence-electron chi connectivity index (χ4n) is 7.22. The van der Waals surface area contributed by atoms with Crippen LogP contribution < -0.4 is 0 Å². The molecule has 2 aliphatic heterocycles. The van der Waals surface area contributed by atoms with Crippen LogP contribution in [0.15, 0.2) is 72.9 Å². The number of hydrogen-bond acceptors (Lipinski definition) is 14. The molecule has 7 N–H and O–H groups in total. The normalized spacial score (nSPS) is 27.2. The van der Waals surface area contributed by atoms with Crippen LogP contribution in [0.3, 0.4) is 0 Å². The molecule has 2 heterocycles. The number of aliphatic hydroxyl groups is 7. The van der Waals surface area contributed by atoms with E-state index in [-0.39, 0.29) is 19.6 Å². The molecule has 0 aromatic carbocycles. The van der Waals surface area contributed by atoms with Gasteiger partial charge in [0, 0.05) is 6.42 Å². The Morgan fingerprint density at radius 3 is 1.57 bits per heavy atom. The van der Waals surface area contributed by atoms with Crippen LogP contribution in [0.1, 0.15) is 142 Å². The molecule has 0 bridgehead atoms. The van der Waals surface area contributed by atoms with Crippen molar-refractivity contribution < 1.29 is 69.0 Å². The predicted octanol–water partition coefficient (Wildman–Crippen LogP) is 6.73. The highest BCUT2D eigenvalue weighted by Gasteiger charge is 2.47. The monoisotopic (exact) mass is 923 g/mol. The number of allylic oxidation sites excluding steroid dienone is 11. The number of hydrogen-bond donors (Lipinski definition) is 7. The van der Waals surface area contributed by atoms with Crippen molar-refractivity contribution in [1.82, 2.24) is 0 Å². The highest BCUT2D eigenvalue weighted by atomic mass is 16.7. The van der Waals surface area contributed by atoms with Crippen LogP contribution in [-0.4, -0.2) is 142 Å². The van der Waals surface area contributed by atoms with E-state index in [1.54, 1.807) is 0 Å². The molecule has 14 heteroatoms. The minimum Gasteiger partial charge on any atom is -0.457 e. The van der Waals surface area contributed by atoms with Gasteiger partial charge >= 0.3 is 5.97 Å². The van der Waals surface area contributed by atoms with Crippen molar-refractivity contribution >= 4 is 5.97 Å². The molecule has 0 aliphatic carbocycles. The first-order valence-corrected chi connectivity index (χ1v) is 24.5. The smallest absolute Gasteiger partial charge is 0.306 e. The van der Waals surface area contributed by atoms with Gasteiger partial charge in [-0.25, -0.2) is 0 Å². The number of carbonyl (C=O) groups excluding carboxylic acids is 1. The lowest BCUT2D eigenvalue weighted by Crippen LogP contribution is -2.61. The molecule has 2 aliphatic rings. The maximum Gasteiger partial charge on any atom is 0.306 e. The van der Waals surface area contributed by atoms with Gasteiger partial charge in [-0.1, -0.05) is 138 Å². The van der Waals surface area contributed by atoms with Crippen molar-refractivity contribution in [3.05, 3.63) is 72.9 Å². The van der Waals surface area contributed by atoms with Crippen molar-refractivity contribution in [3.63, 3.8) is 0 Å². The largest absolute Gasteiger partial charge is 0.457 e. The topological polar surface area (TPSA) is 214 Å². The Bertz CT molecular complexity index is 1350. The molecule has 14 nitrogen and oxygen atoms in total. The van der Waals surface area contributed by atoms with Crippen LogP contribution in [-0.2, 0) is 33.2 Å². The molecule has 0 radical (unpaired) electrons. The summed E-state index contributed by atoms with van der Waals surface area (Å²) in [5, 5.41) is 72.0. The number of aliphatic hydroxyl groups excluding tert-OH is 7. The second-order valence-corrected chi connectivity index (χ2v) is 16.9. The molecule has 65 heavy (non-hydrogen) atoms. The number of carbonyl (C=O) groups is 1. The molecule has 2 saturated heterocycles. The van der Waals surface area contributed by atoms with Gasteiger partial charge in [0.15, 0.2) is 12.6 Å². The minimum atomic E-state index is -1.72. The van der Waals surface area contributed by atoms with Crippen molar-refractivity contribution in [1.29, 1.82) is 0 Å². The van der Waals surface area contributed by atoms with E-state index in [2.05, 4.69) is 80.7 Å². The first-order valence-electron chi connectivity index (χ1n) is 24.5. The standard InChI is InChI=1S/C51H86O14/c1-3-5-7-9-11-13-15-17-19-21-23-25-27-29-31-33-35-60-37-40(63-43(53)34-32-30-28-26-24-22-20-18-16-14-12-10-8-6-4-2)38-61-50-49(59)47(57)45(55)42(65-50)39-62-51-48(58)46(56)44(54)41(36-52)64-51/h5,7,11,13,17-20,23,25,29,31,40-42,44-52,54-59H,3-4,6,8-10,12,14-16,21-22,24,26-28,30,32-39H2,1-2H3/b7-5-,13-11-,19-17-,20-18-,25-23-,31-29-. The summed E-state index contributed by atoms with van der Waals surface area (Å²) in [6.45, 7) is 3.30. The molecule has 2 rings (SSSR count). The summed E-state index contributed by atoms with van der Waals surface area (Å²) >= 11 is 0. The third kappa shape index (κ3) is 26.5. The average molecular weight is 923 g/mol. The van der Waals surface area contributed by atoms with Crippen molar-refractivity contribution in [2.45, 2.75) is 210 Å². The highest BCUT2D eigenvalue weighted by Crippen LogP contribution is 2.26. The van der Waals surface area contributed by atoms with Gasteiger partial charge in [-0.15, -0.1) is 0 Å². The van der Waals surface area contributed by atoms with E-state index in [1.165, 1.54) is 38.5 Å². The van der Waals surface area contributed by atoms with Crippen LogP contribution >= 0.6 is 0 Å². The zero-order valence-electron chi connectivity index (χ0n) is 39.4. The molecule has 2 fully saturated rings. The van der Waals surface area contributed by atoms with E-state index in [0.29, 0.717) is 19.4 Å². The van der Waals surface area contributed by atoms with Crippen molar-refractivity contribution in [2.24, 2.45) is 0 Å². The molecule has 374 valence electrons. The van der Waals surface area contributed by atoms with Crippen LogP contribution in [0.25, 0.3) is 0 Å². The lowest BCUT2D eigenvalue weighted by molar-refractivity contribution is -0.332. The second kappa shape index (κ2) is 38.4. The van der Waals surface area contributed by atoms with Crippen molar-refractivity contribution in [3.8, 4) is 0 Å². The molecular weight excluding hydrogens is 837 g/mol. The van der Waals surface area contributed by atoms with Crippen molar-refractivity contribution in [2.75, 3.05) is 33.0 Å². The maximum absolute atomic E-state index is 13.0. The lowest BCUT2D eigenvalue weighted by atomic mass is 9.98. The summed E-state index contributed by atoms with van der Waals surface area (Å²) in [5.74, 6) is -0.413. The number of esters is 1. The first kappa shape index (κ1) is 58.6. The summed E-state index contributed by atoms with van der Waals surface area (Å²) in [6.07, 6.45) is 29.9. The zero-order valence-corrected chi connectivity index (χ0v) is 39.4. The number of rotatable bonds is 37. The summed E-state index contributed by atoms with van der Waals surface area (Å²) in [7, 11) is 0. The Morgan fingerprint density at radius 1 is 0.523 bits per heavy atom. The average Bonchev–Trinajstić information content (AvgIpc) is 3.30. The molecule has 0 saturated carbocycles. The Balaban J connectivity index is 1.83. The van der Waals surface area contributed by atoms with Crippen LogP contribution in [0.2, 0.25) is 0 Å². The first-order chi connectivity index (χ1) is 31.6. The summed E-state index contributed by atoms with van der Waals surface area (Å²) in [6, 6.07) is 0. The highest BCUT2D eigenvalue weighted by molar-refractivity contribution is 5.69. The van der Waals surface area contributed by atoms with Crippen LogP contribution in [0.5, 0.6) is 0 Å². The summed E-state index contributed by atoms with van der Waals surface area (Å²) in [5.41, 5.74) is 0. The van der Waals surface area contributed by atoms with E-state index in [1.807, 2.05) is 6.08 Å². The maximum atomic E-state index is 13.0. The molecule has 0 aromatic heterocycles. The van der Waals surface area contributed by atoms with Gasteiger partial charge in [-0.05, 0) is 70.6 Å². The fourth-order valence-corrected chi connectivity index (χ4v) is 7.22. The van der Waals surface area contributed by atoms with E-state index in [4.69, 9.17) is 28.4 Å². The molecule has 11 atom stereocenters. The van der Waals surface area contributed by atoms with Gasteiger partial charge in [0.25, 0.3) is 0 Å². The molecular formula is C51H86O14. The van der Waals surface area contributed by atoms with Gasteiger partial charge < -0.3 is 64.2 Å². The van der Waals surface area contributed by atoms with Gasteiger partial charge in [-0.2, -0.15) is 0 Å². The molecule has 0 spiro atoms. The SMILES string of the molecule is CC/C=C\C/C=C\C/C=C\C/C=C\C/C=C\CCOCC(COC1OC(COC2OC(CO)C(O)C(O)C2O)C(O)C(O)C1O)OC(=O)CCCCCCC/C=C\CCCCCCCC. The predicted molar refractivity (Wildman–Crippen MR) is 252 cm³/mol. The third-order valence-corrected chi connectivity index (χ3v) is 11.2. The van der Waals surface area contributed by atoms with E-state index < -0.39 is 86.7 Å². The summed E-state index contributed by atoms with van der Waals surface area (Å²) < 4.78 is 34.1. The Labute approximate surface area is 389 Å². The molecule has 11 unspecified atom stereocenters. The Kier molecular flexibility index (Phi) is 34.6. The fraction of sp³-hybridized carbons (Fsp3) is 0.745. The van der Waals surface area contributed by atoms with Gasteiger partial charge in [0.1, 0.15) is 54.9 Å². The van der Waals surface area contributed by atoms with E-state index in [9.17, 15) is 40.5 Å². The Hall–Kier alpha value is -2.57. The molecule has 0 amide bonds. The zero-order chi connectivity index (χ0) is 47.3. The molecule has 0 aromatic rings.